The van der Waals surface area contributed by atoms with Crippen LogP contribution in [0.15, 0.2) is 53.9 Å². The lowest BCUT2D eigenvalue weighted by Crippen LogP contribution is -2.15. The largest absolute Gasteiger partial charge is 0.494 e. The summed E-state index contributed by atoms with van der Waals surface area (Å²) in [6, 6.07) is 13.4. The summed E-state index contributed by atoms with van der Waals surface area (Å²) in [7, 11) is 0. The summed E-state index contributed by atoms with van der Waals surface area (Å²) in [5, 5.41) is 11.7. The van der Waals surface area contributed by atoms with Gasteiger partial charge < -0.3 is 14.8 Å². The molecule has 8 heteroatoms. The van der Waals surface area contributed by atoms with Crippen LogP contribution in [0.3, 0.4) is 0 Å². The number of anilines is 1. The molecular weight excluding hydrogens is 388 g/mol. The third kappa shape index (κ3) is 5.51. The standard InChI is InChI=1S/C21H24N4O3S/c1-4-27-17-10-11-19(28-5-2)18(12-17)23-20(26)13-29-21-24-22-14-25(21)16-8-6-15(3)7-9-16/h6-12,14H,4-5,13H2,1-3H3,(H,23,26). The van der Waals surface area contributed by atoms with E-state index in [1.807, 2.05) is 55.7 Å². The van der Waals surface area contributed by atoms with Crippen molar-refractivity contribution in [3.05, 3.63) is 54.4 Å². The molecule has 0 aliphatic carbocycles. The predicted molar refractivity (Wildman–Crippen MR) is 114 cm³/mol. The number of thioether (sulfide) groups is 1. The number of rotatable bonds is 9. The van der Waals surface area contributed by atoms with Gasteiger partial charge in [0.1, 0.15) is 17.8 Å². The van der Waals surface area contributed by atoms with Crippen molar-refractivity contribution in [1.29, 1.82) is 0 Å². The summed E-state index contributed by atoms with van der Waals surface area (Å²) in [4.78, 5) is 12.5. The monoisotopic (exact) mass is 412 g/mol. The smallest absolute Gasteiger partial charge is 0.234 e. The molecule has 7 nitrogen and oxygen atoms in total. The summed E-state index contributed by atoms with van der Waals surface area (Å²) in [6.45, 7) is 6.90. The summed E-state index contributed by atoms with van der Waals surface area (Å²) >= 11 is 1.32. The zero-order valence-corrected chi connectivity index (χ0v) is 17.5. The summed E-state index contributed by atoms with van der Waals surface area (Å²) in [5.74, 6) is 1.31. The van der Waals surface area contributed by atoms with Crippen molar-refractivity contribution in [2.24, 2.45) is 0 Å². The average molecular weight is 413 g/mol. The number of benzene rings is 2. The highest BCUT2D eigenvalue weighted by molar-refractivity contribution is 7.99. The minimum absolute atomic E-state index is 0.164. The van der Waals surface area contributed by atoms with E-state index in [4.69, 9.17) is 9.47 Å². The molecule has 3 rings (SSSR count). The van der Waals surface area contributed by atoms with Crippen molar-refractivity contribution in [2.75, 3.05) is 24.3 Å². The van der Waals surface area contributed by atoms with Crippen LogP contribution in [-0.2, 0) is 4.79 Å². The lowest BCUT2D eigenvalue weighted by Gasteiger charge is -2.13. The summed E-state index contributed by atoms with van der Waals surface area (Å²) in [6.07, 6.45) is 1.64. The Morgan fingerprint density at radius 2 is 1.86 bits per heavy atom. The van der Waals surface area contributed by atoms with Gasteiger partial charge in [-0.15, -0.1) is 10.2 Å². The van der Waals surface area contributed by atoms with E-state index in [0.717, 1.165) is 5.69 Å². The molecule has 152 valence electrons. The number of aromatic nitrogens is 3. The SMILES string of the molecule is CCOc1ccc(OCC)c(NC(=O)CSc2nncn2-c2ccc(C)cc2)c1. The van der Waals surface area contributed by atoms with E-state index in [2.05, 4.69) is 15.5 Å². The normalized spacial score (nSPS) is 10.6. The van der Waals surface area contributed by atoms with Gasteiger partial charge in [0.15, 0.2) is 5.16 Å². The number of ether oxygens (including phenoxy) is 2. The van der Waals surface area contributed by atoms with E-state index in [9.17, 15) is 4.79 Å². The molecule has 0 spiro atoms. The highest BCUT2D eigenvalue weighted by Gasteiger charge is 2.13. The molecule has 0 saturated carbocycles. The Morgan fingerprint density at radius 3 is 2.59 bits per heavy atom. The van der Waals surface area contributed by atoms with E-state index in [1.165, 1.54) is 17.3 Å². The molecule has 1 aromatic heterocycles. The van der Waals surface area contributed by atoms with Gasteiger partial charge in [-0.1, -0.05) is 29.5 Å². The van der Waals surface area contributed by atoms with Gasteiger partial charge in [0, 0.05) is 11.8 Å². The quantitative estimate of drug-likeness (QED) is 0.533. The number of amides is 1. The summed E-state index contributed by atoms with van der Waals surface area (Å²) < 4.78 is 13.0. The topological polar surface area (TPSA) is 78.3 Å². The third-order valence-electron chi connectivity index (χ3n) is 4.00. The second-order valence-corrected chi connectivity index (χ2v) is 7.12. The molecule has 2 aromatic carbocycles. The van der Waals surface area contributed by atoms with Gasteiger partial charge >= 0.3 is 0 Å². The second-order valence-electron chi connectivity index (χ2n) is 6.18. The number of nitrogens with zero attached hydrogens (tertiary/aromatic N) is 3. The van der Waals surface area contributed by atoms with E-state index in [-0.39, 0.29) is 11.7 Å². The van der Waals surface area contributed by atoms with Crippen LogP contribution >= 0.6 is 11.8 Å². The highest BCUT2D eigenvalue weighted by atomic mass is 32.2. The van der Waals surface area contributed by atoms with Crippen LogP contribution in [0.25, 0.3) is 5.69 Å². The fourth-order valence-corrected chi connectivity index (χ4v) is 3.40. The zero-order chi connectivity index (χ0) is 20.6. The molecule has 3 aromatic rings. The first kappa shape index (κ1) is 20.7. The highest BCUT2D eigenvalue weighted by Crippen LogP contribution is 2.30. The first-order chi connectivity index (χ1) is 14.1. The molecule has 1 heterocycles. The Bertz CT molecular complexity index is 957. The number of aryl methyl sites for hydroxylation is 1. The van der Waals surface area contributed by atoms with Crippen molar-refractivity contribution >= 4 is 23.4 Å². The zero-order valence-electron chi connectivity index (χ0n) is 16.7. The Hall–Kier alpha value is -3.00. The number of nitrogens with one attached hydrogen (secondary N) is 1. The molecule has 0 saturated heterocycles. The maximum absolute atomic E-state index is 12.5. The fourth-order valence-electron chi connectivity index (χ4n) is 2.67. The molecule has 1 amide bonds. The molecule has 0 radical (unpaired) electrons. The number of carbonyl (C=O) groups is 1. The Kier molecular flexibility index (Phi) is 7.13. The second kappa shape index (κ2) is 9.97. The molecule has 0 atom stereocenters. The predicted octanol–water partition coefficient (Wildman–Crippen LogP) is 4.10. The molecule has 1 N–H and O–H groups in total. The molecule has 0 bridgehead atoms. The van der Waals surface area contributed by atoms with E-state index >= 15 is 0 Å². The first-order valence-corrected chi connectivity index (χ1v) is 10.4. The van der Waals surface area contributed by atoms with Crippen LogP contribution < -0.4 is 14.8 Å². The van der Waals surface area contributed by atoms with Gasteiger partial charge in [-0.2, -0.15) is 0 Å². The van der Waals surface area contributed by atoms with Gasteiger partial charge in [0.2, 0.25) is 5.91 Å². The number of hydrogen-bond acceptors (Lipinski definition) is 6. The molecule has 29 heavy (non-hydrogen) atoms. The molecular formula is C21H24N4O3S. The van der Waals surface area contributed by atoms with Crippen molar-refractivity contribution in [1.82, 2.24) is 14.8 Å². The third-order valence-corrected chi connectivity index (χ3v) is 4.94. The lowest BCUT2D eigenvalue weighted by molar-refractivity contribution is -0.113. The summed E-state index contributed by atoms with van der Waals surface area (Å²) in [5.41, 5.74) is 2.71. The van der Waals surface area contributed by atoms with E-state index < -0.39 is 0 Å². The van der Waals surface area contributed by atoms with Crippen molar-refractivity contribution < 1.29 is 14.3 Å². The van der Waals surface area contributed by atoms with E-state index in [0.29, 0.717) is 35.6 Å². The fraction of sp³-hybridized carbons (Fsp3) is 0.286. The van der Waals surface area contributed by atoms with Crippen LogP contribution in [0, 0.1) is 6.92 Å². The van der Waals surface area contributed by atoms with Gasteiger partial charge in [-0.05, 0) is 45.0 Å². The van der Waals surface area contributed by atoms with Crippen LogP contribution in [0.2, 0.25) is 0 Å². The Morgan fingerprint density at radius 1 is 1.10 bits per heavy atom. The molecule has 0 unspecified atom stereocenters. The lowest BCUT2D eigenvalue weighted by atomic mass is 10.2. The average Bonchev–Trinajstić information content (AvgIpc) is 3.18. The maximum atomic E-state index is 12.5. The number of hydrogen-bond donors (Lipinski definition) is 1. The van der Waals surface area contributed by atoms with Crippen LogP contribution in [0.5, 0.6) is 11.5 Å². The van der Waals surface area contributed by atoms with Crippen LogP contribution in [0.1, 0.15) is 19.4 Å². The minimum Gasteiger partial charge on any atom is -0.494 e. The number of carbonyl (C=O) groups excluding carboxylic acids is 1. The van der Waals surface area contributed by atoms with Crippen LogP contribution in [-0.4, -0.2) is 39.6 Å². The van der Waals surface area contributed by atoms with Crippen molar-refractivity contribution in [2.45, 2.75) is 25.9 Å². The maximum Gasteiger partial charge on any atom is 0.234 e. The minimum atomic E-state index is -0.164. The molecule has 0 fully saturated rings. The molecule has 0 aliphatic heterocycles. The van der Waals surface area contributed by atoms with Crippen molar-refractivity contribution in [3.63, 3.8) is 0 Å². The van der Waals surface area contributed by atoms with Gasteiger partial charge in [0.05, 0.1) is 24.7 Å². The van der Waals surface area contributed by atoms with Gasteiger partial charge in [-0.25, -0.2) is 0 Å². The Labute approximate surface area is 174 Å². The molecule has 0 aliphatic rings. The van der Waals surface area contributed by atoms with Crippen molar-refractivity contribution in [3.8, 4) is 17.2 Å². The van der Waals surface area contributed by atoms with Gasteiger partial charge in [-0.3, -0.25) is 9.36 Å². The first-order valence-electron chi connectivity index (χ1n) is 9.40. The Balaban J connectivity index is 1.67. The van der Waals surface area contributed by atoms with Gasteiger partial charge in [0.25, 0.3) is 0 Å². The van der Waals surface area contributed by atoms with E-state index in [1.54, 1.807) is 18.5 Å². The van der Waals surface area contributed by atoms with Crippen LogP contribution in [0.4, 0.5) is 5.69 Å².